The van der Waals surface area contributed by atoms with Gasteiger partial charge in [0.1, 0.15) is 11.8 Å². The highest BCUT2D eigenvalue weighted by atomic mass is 16.5. The Kier molecular flexibility index (Phi) is 8.29. The van der Waals surface area contributed by atoms with Gasteiger partial charge in [0.25, 0.3) is 0 Å². The first-order valence-electron chi connectivity index (χ1n) is 13.9. The molecule has 1 saturated carbocycles. The van der Waals surface area contributed by atoms with Crippen LogP contribution in [0.1, 0.15) is 66.6 Å². The lowest BCUT2D eigenvalue weighted by Gasteiger charge is -2.33. The van der Waals surface area contributed by atoms with Gasteiger partial charge in [0, 0.05) is 34.4 Å². The maximum absolute atomic E-state index is 14.3. The third-order valence-corrected chi connectivity index (χ3v) is 7.70. The van der Waals surface area contributed by atoms with Crippen molar-refractivity contribution in [1.82, 2.24) is 10.3 Å². The first kappa shape index (κ1) is 27.2. The highest BCUT2D eigenvalue weighted by Gasteiger charge is 2.34. The number of hydrogen-bond acceptors (Lipinski definition) is 4. The van der Waals surface area contributed by atoms with E-state index in [-0.39, 0.29) is 30.1 Å². The molecular weight excluding hydrogens is 502 g/mol. The van der Waals surface area contributed by atoms with E-state index < -0.39 is 6.04 Å². The lowest BCUT2D eigenvalue weighted by molar-refractivity contribution is -0.127. The molecule has 40 heavy (non-hydrogen) atoms. The Morgan fingerprint density at radius 1 is 0.975 bits per heavy atom. The highest BCUT2D eigenvalue weighted by Crippen LogP contribution is 2.32. The van der Waals surface area contributed by atoms with Crippen molar-refractivity contribution in [1.29, 1.82) is 0 Å². The summed E-state index contributed by atoms with van der Waals surface area (Å²) in [6, 6.07) is 21.2. The van der Waals surface area contributed by atoms with Crippen molar-refractivity contribution in [3.05, 3.63) is 95.7 Å². The van der Waals surface area contributed by atoms with E-state index in [1.165, 1.54) is 13.3 Å². The van der Waals surface area contributed by atoms with Crippen molar-refractivity contribution in [3.8, 4) is 5.75 Å². The number of amides is 2. The lowest BCUT2D eigenvalue weighted by Crippen LogP contribution is -2.47. The zero-order valence-corrected chi connectivity index (χ0v) is 23.0. The number of aromatic nitrogens is 1. The molecule has 0 unspecified atom stereocenters. The van der Waals surface area contributed by atoms with Crippen LogP contribution in [0.15, 0.2) is 79.0 Å². The van der Waals surface area contributed by atoms with Crippen molar-refractivity contribution < 1.29 is 19.1 Å². The number of carbonyl (C=O) groups is 3. The molecule has 1 aliphatic rings. The average molecular weight is 538 g/mol. The Bertz CT molecular complexity index is 1500. The quantitative estimate of drug-likeness (QED) is 0.251. The zero-order chi connectivity index (χ0) is 28.1. The number of fused-ring (bicyclic) bond motifs is 1. The number of H-pyrrole nitrogens is 1. The van der Waals surface area contributed by atoms with Gasteiger partial charge in [-0.05, 0) is 73.4 Å². The number of ether oxygens (including phenoxy) is 1. The number of benzene rings is 3. The molecule has 0 bridgehead atoms. The maximum Gasteiger partial charge on any atom is 0.248 e. The molecule has 2 amide bonds. The molecule has 5 rings (SSSR count). The van der Waals surface area contributed by atoms with Crippen LogP contribution in [0, 0.1) is 0 Å². The van der Waals surface area contributed by atoms with Crippen LogP contribution in [0.4, 0.5) is 5.69 Å². The fourth-order valence-electron chi connectivity index (χ4n) is 5.58. The van der Waals surface area contributed by atoms with Crippen LogP contribution in [0.25, 0.3) is 10.9 Å². The van der Waals surface area contributed by atoms with Gasteiger partial charge in [-0.15, -0.1) is 0 Å². The Morgan fingerprint density at radius 3 is 2.45 bits per heavy atom. The van der Waals surface area contributed by atoms with Crippen LogP contribution in [0.2, 0.25) is 0 Å². The van der Waals surface area contributed by atoms with E-state index in [9.17, 15) is 14.4 Å². The summed E-state index contributed by atoms with van der Waals surface area (Å²) in [5.41, 5.74) is 3.53. The molecule has 7 nitrogen and oxygen atoms in total. The van der Waals surface area contributed by atoms with Crippen LogP contribution >= 0.6 is 0 Å². The molecule has 0 saturated heterocycles. The molecule has 1 aliphatic carbocycles. The van der Waals surface area contributed by atoms with E-state index >= 15 is 0 Å². The molecule has 1 atom stereocenters. The van der Waals surface area contributed by atoms with E-state index in [1.807, 2.05) is 48.7 Å². The molecule has 3 aromatic carbocycles. The molecule has 0 spiro atoms. The number of aromatic amines is 1. The second-order valence-corrected chi connectivity index (χ2v) is 10.4. The van der Waals surface area contributed by atoms with Crippen LogP contribution in [-0.2, 0) is 16.0 Å². The lowest BCUT2D eigenvalue weighted by atomic mass is 9.94. The monoisotopic (exact) mass is 537 g/mol. The van der Waals surface area contributed by atoms with E-state index in [4.69, 9.17) is 4.74 Å². The van der Waals surface area contributed by atoms with E-state index in [1.54, 1.807) is 42.3 Å². The van der Waals surface area contributed by atoms with E-state index in [0.29, 0.717) is 22.6 Å². The Morgan fingerprint density at radius 2 is 1.73 bits per heavy atom. The number of carbonyl (C=O) groups excluding carboxylic acids is 3. The summed E-state index contributed by atoms with van der Waals surface area (Å²) in [7, 11) is 1.58. The van der Waals surface area contributed by atoms with Crippen LogP contribution < -0.4 is 15.0 Å². The van der Waals surface area contributed by atoms with Gasteiger partial charge in [0.2, 0.25) is 11.8 Å². The molecule has 0 aliphatic heterocycles. The third kappa shape index (κ3) is 5.93. The number of Topliss-reactive ketones (excluding diaryl/α,β-unsaturated/α-hetero) is 1. The van der Waals surface area contributed by atoms with Gasteiger partial charge in [0.05, 0.1) is 13.5 Å². The number of methoxy groups -OCH3 is 1. The predicted octanol–water partition coefficient (Wildman–Crippen LogP) is 6.15. The minimum absolute atomic E-state index is 0.0670. The minimum atomic E-state index is -0.932. The van der Waals surface area contributed by atoms with Crippen molar-refractivity contribution in [3.63, 3.8) is 0 Å². The van der Waals surface area contributed by atoms with Crippen LogP contribution in [0.3, 0.4) is 0 Å². The third-order valence-electron chi connectivity index (χ3n) is 7.70. The van der Waals surface area contributed by atoms with E-state index in [2.05, 4.69) is 10.3 Å². The van der Waals surface area contributed by atoms with Gasteiger partial charge in [0.15, 0.2) is 5.78 Å². The summed E-state index contributed by atoms with van der Waals surface area (Å²) >= 11 is 0. The normalized spacial score (nSPS) is 14.4. The second kappa shape index (κ2) is 12.2. The number of anilines is 1. The number of nitrogens with zero attached hydrogens (tertiary/aromatic N) is 1. The second-order valence-electron chi connectivity index (χ2n) is 10.4. The number of ketones is 1. The topological polar surface area (TPSA) is 91.5 Å². The van der Waals surface area contributed by atoms with Crippen molar-refractivity contribution in [2.24, 2.45) is 0 Å². The molecular formula is C33H35N3O4. The minimum Gasteiger partial charge on any atom is -0.497 e. The van der Waals surface area contributed by atoms with Gasteiger partial charge >= 0.3 is 0 Å². The number of para-hydroxylation sites is 1. The fourth-order valence-corrected chi connectivity index (χ4v) is 5.58. The maximum atomic E-state index is 14.3. The Balaban J connectivity index is 1.58. The SMILES string of the molecule is COc1cccc([C@H](C(=O)NC2CCCCC2)N(C(=O)Cc2c[nH]c3ccccc23)c2ccc(C(C)=O)cc2)c1. The van der Waals surface area contributed by atoms with E-state index in [0.717, 1.165) is 42.1 Å². The van der Waals surface area contributed by atoms with Gasteiger partial charge in [-0.3, -0.25) is 19.3 Å². The van der Waals surface area contributed by atoms with Crippen molar-refractivity contribution >= 4 is 34.2 Å². The molecule has 1 fully saturated rings. The fraction of sp³-hybridized carbons (Fsp3) is 0.303. The standard InChI is InChI=1S/C33H35N3O4/c1-22(37)23-15-17-27(18-16-23)36(31(38)20-25-21-34-30-14-7-6-13-29(25)30)32(24-9-8-12-28(19-24)40-2)33(39)35-26-10-4-3-5-11-26/h6-9,12-19,21,26,32,34H,3-5,10-11,20H2,1-2H3,(H,35,39)/t32-/m1/s1. The molecule has 1 heterocycles. The molecule has 7 heteroatoms. The average Bonchev–Trinajstić information content (AvgIpc) is 3.38. The smallest absolute Gasteiger partial charge is 0.248 e. The first-order valence-corrected chi connectivity index (χ1v) is 13.9. The van der Waals surface area contributed by atoms with Gasteiger partial charge in [-0.25, -0.2) is 0 Å². The molecule has 2 N–H and O–H groups in total. The number of rotatable bonds is 9. The summed E-state index contributed by atoms with van der Waals surface area (Å²) in [6.07, 6.45) is 7.11. The summed E-state index contributed by atoms with van der Waals surface area (Å²) in [4.78, 5) is 45.2. The zero-order valence-electron chi connectivity index (χ0n) is 23.0. The van der Waals surface area contributed by atoms with Crippen LogP contribution in [0.5, 0.6) is 5.75 Å². The summed E-state index contributed by atoms with van der Waals surface area (Å²) in [6.45, 7) is 1.51. The molecule has 206 valence electrons. The first-order chi connectivity index (χ1) is 19.4. The molecule has 0 radical (unpaired) electrons. The van der Waals surface area contributed by atoms with Gasteiger partial charge in [-0.1, -0.05) is 49.6 Å². The summed E-state index contributed by atoms with van der Waals surface area (Å²) in [5, 5.41) is 4.21. The predicted molar refractivity (Wildman–Crippen MR) is 157 cm³/mol. The van der Waals surface area contributed by atoms with Gasteiger partial charge in [-0.2, -0.15) is 0 Å². The summed E-state index contributed by atoms with van der Waals surface area (Å²) < 4.78 is 5.48. The molecule has 1 aromatic heterocycles. The van der Waals surface area contributed by atoms with Gasteiger partial charge < -0.3 is 15.0 Å². The molecule has 4 aromatic rings. The highest BCUT2D eigenvalue weighted by molar-refractivity contribution is 6.04. The number of nitrogens with one attached hydrogen (secondary N) is 2. The summed E-state index contributed by atoms with van der Waals surface area (Å²) in [5.74, 6) is 0.0709. The van der Waals surface area contributed by atoms with Crippen molar-refractivity contribution in [2.45, 2.75) is 57.5 Å². The Labute approximate surface area is 234 Å². The van der Waals surface area contributed by atoms with Crippen LogP contribution in [-0.4, -0.2) is 35.7 Å². The largest absolute Gasteiger partial charge is 0.497 e. The van der Waals surface area contributed by atoms with Crippen molar-refractivity contribution in [2.75, 3.05) is 12.0 Å². The Hall–Kier alpha value is -4.39. The number of hydrogen-bond donors (Lipinski definition) is 2.